The van der Waals surface area contributed by atoms with Crippen molar-refractivity contribution in [1.29, 1.82) is 0 Å². The van der Waals surface area contributed by atoms with Crippen LogP contribution in [0.4, 0.5) is 10.1 Å². The molecule has 0 aromatic heterocycles. The number of carboxylic acid groups (broad SMARTS) is 1. The highest BCUT2D eigenvalue weighted by Crippen LogP contribution is 2.18. The second-order valence-electron chi connectivity index (χ2n) is 4.10. The summed E-state index contributed by atoms with van der Waals surface area (Å²) in [7, 11) is 0. The summed E-state index contributed by atoms with van der Waals surface area (Å²) < 4.78 is 13.1. The number of aliphatic carboxylic acids is 1. The van der Waals surface area contributed by atoms with Crippen molar-refractivity contribution >= 4 is 23.5 Å². The lowest BCUT2D eigenvalue weighted by Crippen LogP contribution is -2.55. The van der Waals surface area contributed by atoms with Crippen molar-refractivity contribution < 1.29 is 23.9 Å². The van der Waals surface area contributed by atoms with Crippen LogP contribution >= 0.6 is 0 Å². The zero-order valence-electron chi connectivity index (χ0n) is 9.88. The predicted molar refractivity (Wildman–Crippen MR) is 63.0 cm³/mol. The van der Waals surface area contributed by atoms with Crippen LogP contribution in [0.2, 0.25) is 0 Å². The van der Waals surface area contributed by atoms with Gasteiger partial charge in [-0.2, -0.15) is 0 Å². The van der Waals surface area contributed by atoms with Crippen molar-refractivity contribution in [3.05, 3.63) is 30.1 Å². The zero-order chi connectivity index (χ0) is 14.0. The van der Waals surface area contributed by atoms with Gasteiger partial charge in [0.05, 0.1) is 13.1 Å². The van der Waals surface area contributed by atoms with Gasteiger partial charge >= 0.3 is 5.97 Å². The molecular formula is C12H11FN2O4. The van der Waals surface area contributed by atoms with E-state index in [1.165, 1.54) is 23.1 Å². The van der Waals surface area contributed by atoms with Gasteiger partial charge in [0.15, 0.2) is 0 Å². The van der Waals surface area contributed by atoms with E-state index in [4.69, 9.17) is 5.11 Å². The Labute approximate surface area is 108 Å². The smallest absolute Gasteiger partial charge is 0.323 e. The average Bonchev–Trinajstić information content (AvgIpc) is 2.33. The van der Waals surface area contributed by atoms with Gasteiger partial charge in [0, 0.05) is 5.69 Å². The SMILES string of the molecule is O=C(O)CN1C(=O)CN(c2cccc(F)c2)CC1=O. The molecule has 1 fully saturated rings. The number of hydrogen-bond acceptors (Lipinski definition) is 4. The predicted octanol–water partition coefficient (Wildman–Crippen LogP) is 0.0855. The Kier molecular flexibility index (Phi) is 3.46. The fourth-order valence-electron chi connectivity index (χ4n) is 1.86. The normalized spacial score (nSPS) is 15.8. The Balaban J connectivity index is 2.15. The molecule has 1 aliphatic rings. The zero-order valence-corrected chi connectivity index (χ0v) is 9.88. The van der Waals surface area contributed by atoms with Crippen LogP contribution < -0.4 is 4.90 Å². The molecule has 0 radical (unpaired) electrons. The summed E-state index contributed by atoms with van der Waals surface area (Å²) in [6, 6.07) is 5.53. The number of carbonyl (C=O) groups excluding carboxylic acids is 2. The molecule has 2 rings (SSSR count). The van der Waals surface area contributed by atoms with Crippen molar-refractivity contribution in [1.82, 2.24) is 4.90 Å². The summed E-state index contributed by atoms with van der Waals surface area (Å²) in [5.41, 5.74) is 0.414. The number of anilines is 1. The number of amides is 2. The van der Waals surface area contributed by atoms with Crippen molar-refractivity contribution in [3.8, 4) is 0 Å². The number of carbonyl (C=O) groups is 3. The molecule has 1 aromatic carbocycles. The molecule has 6 nitrogen and oxygen atoms in total. The van der Waals surface area contributed by atoms with Gasteiger partial charge in [0.1, 0.15) is 12.4 Å². The van der Waals surface area contributed by atoms with Crippen LogP contribution in [0.15, 0.2) is 24.3 Å². The molecule has 1 N–H and O–H groups in total. The Morgan fingerprint density at radius 3 is 2.42 bits per heavy atom. The molecule has 7 heteroatoms. The van der Waals surface area contributed by atoms with Crippen LogP contribution in [0, 0.1) is 5.82 Å². The Morgan fingerprint density at radius 2 is 1.89 bits per heavy atom. The van der Waals surface area contributed by atoms with Crippen LogP contribution in [-0.4, -0.2) is 47.4 Å². The number of imide groups is 1. The highest BCUT2D eigenvalue weighted by molar-refractivity contribution is 6.04. The Morgan fingerprint density at radius 1 is 1.26 bits per heavy atom. The number of halogens is 1. The fraction of sp³-hybridized carbons (Fsp3) is 0.250. The first-order valence-corrected chi connectivity index (χ1v) is 5.53. The number of carboxylic acids is 1. The summed E-state index contributed by atoms with van der Waals surface area (Å²) in [5, 5.41) is 8.61. The number of nitrogens with zero attached hydrogens (tertiary/aromatic N) is 2. The van der Waals surface area contributed by atoms with Crippen LogP contribution in [0.25, 0.3) is 0 Å². The maximum absolute atomic E-state index is 13.1. The van der Waals surface area contributed by atoms with Crippen LogP contribution in [0.5, 0.6) is 0 Å². The molecule has 1 aliphatic heterocycles. The maximum Gasteiger partial charge on any atom is 0.323 e. The molecule has 2 amide bonds. The second-order valence-corrected chi connectivity index (χ2v) is 4.10. The van der Waals surface area contributed by atoms with E-state index in [0.29, 0.717) is 10.6 Å². The minimum Gasteiger partial charge on any atom is -0.480 e. The van der Waals surface area contributed by atoms with Gasteiger partial charge in [-0.25, -0.2) is 4.39 Å². The van der Waals surface area contributed by atoms with Crippen LogP contribution in [0.1, 0.15) is 0 Å². The van der Waals surface area contributed by atoms with Crippen molar-refractivity contribution in [3.63, 3.8) is 0 Å². The molecule has 0 bridgehead atoms. The number of hydrogen-bond donors (Lipinski definition) is 1. The average molecular weight is 266 g/mol. The first-order valence-electron chi connectivity index (χ1n) is 5.53. The maximum atomic E-state index is 13.1. The molecule has 0 saturated carbocycles. The van der Waals surface area contributed by atoms with Gasteiger partial charge in [-0.05, 0) is 18.2 Å². The van der Waals surface area contributed by atoms with Gasteiger partial charge < -0.3 is 10.0 Å². The van der Waals surface area contributed by atoms with E-state index < -0.39 is 30.1 Å². The van der Waals surface area contributed by atoms with E-state index in [9.17, 15) is 18.8 Å². The fourth-order valence-corrected chi connectivity index (χ4v) is 1.86. The molecule has 0 atom stereocenters. The van der Waals surface area contributed by atoms with E-state index in [0.717, 1.165) is 0 Å². The monoisotopic (exact) mass is 266 g/mol. The Hall–Kier alpha value is -2.44. The van der Waals surface area contributed by atoms with E-state index in [-0.39, 0.29) is 13.1 Å². The summed E-state index contributed by atoms with van der Waals surface area (Å²) in [5.74, 6) is -2.93. The third kappa shape index (κ3) is 2.87. The van der Waals surface area contributed by atoms with Crippen molar-refractivity contribution in [2.75, 3.05) is 24.5 Å². The second kappa shape index (κ2) is 5.05. The lowest BCUT2D eigenvalue weighted by molar-refractivity contribution is -0.153. The lowest BCUT2D eigenvalue weighted by Gasteiger charge is -2.33. The summed E-state index contributed by atoms with van der Waals surface area (Å²) in [6.45, 7) is -0.945. The third-order valence-electron chi connectivity index (χ3n) is 2.72. The standard InChI is InChI=1S/C12H11FN2O4/c13-8-2-1-3-9(4-8)14-5-10(16)15(7-12(18)19)11(17)6-14/h1-4H,5-7H2,(H,18,19). The first kappa shape index (κ1) is 13.0. The number of benzene rings is 1. The topological polar surface area (TPSA) is 77.9 Å². The van der Waals surface area contributed by atoms with Crippen molar-refractivity contribution in [2.24, 2.45) is 0 Å². The molecule has 1 aromatic rings. The van der Waals surface area contributed by atoms with Crippen molar-refractivity contribution in [2.45, 2.75) is 0 Å². The summed E-state index contributed by atoms with van der Waals surface area (Å²) >= 11 is 0. The first-order chi connectivity index (χ1) is 8.97. The van der Waals surface area contributed by atoms with E-state index in [1.54, 1.807) is 6.07 Å². The summed E-state index contributed by atoms with van der Waals surface area (Å²) in [6.07, 6.45) is 0. The quantitative estimate of drug-likeness (QED) is 0.784. The van der Waals surface area contributed by atoms with Crippen LogP contribution in [0.3, 0.4) is 0 Å². The minimum absolute atomic E-state index is 0.150. The van der Waals surface area contributed by atoms with Gasteiger partial charge in [-0.1, -0.05) is 6.07 Å². The highest BCUT2D eigenvalue weighted by atomic mass is 19.1. The van der Waals surface area contributed by atoms with Crippen LogP contribution in [-0.2, 0) is 14.4 Å². The van der Waals surface area contributed by atoms with Gasteiger partial charge in [0.2, 0.25) is 11.8 Å². The van der Waals surface area contributed by atoms with E-state index in [2.05, 4.69) is 0 Å². The van der Waals surface area contributed by atoms with E-state index in [1.807, 2.05) is 0 Å². The minimum atomic E-state index is -1.25. The number of rotatable bonds is 3. The molecule has 0 spiro atoms. The molecule has 0 unspecified atom stereocenters. The number of piperazine rings is 1. The molecule has 1 heterocycles. The summed E-state index contributed by atoms with van der Waals surface area (Å²) in [4.78, 5) is 36.1. The van der Waals surface area contributed by atoms with E-state index >= 15 is 0 Å². The Bertz CT molecular complexity index is 528. The molecule has 100 valence electrons. The molecular weight excluding hydrogens is 255 g/mol. The highest BCUT2D eigenvalue weighted by Gasteiger charge is 2.32. The molecule has 1 saturated heterocycles. The van der Waals surface area contributed by atoms with Gasteiger partial charge in [-0.3, -0.25) is 19.3 Å². The lowest BCUT2D eigenvalue weighted by atomic mass is 10.2. The largest absolute Gasteiger partial charge is 0.480 e. The molecule has 19 heavy (non-hydrogen) atoms. The molecule has 0 aliphatic carbocycles. The third-order valence-corrected chi connectivity index (χ3v) is 2.72. The van der Waals surface area contributed by atoms with Gasteiger partial charge in [0.25, 0.3) is 0 Å². The van der Waals surface area contributed by atoms with Gasteiger partial charge in [-0.15, -0.1) is 0 Å².